The Kier molecular flexibility index (Phi) is 6.79. The Morgan fingerprint density at radius 3 is 2.43 bits per heavy atom. The molecule has 3 aromatic carbocycles. The minimum atomic E-state index is -0.449. The third-order valence-corrected chi connectivity index (χ3v) is 6.80. The Morgan fingerprint density at radius 2 is 1.70 bits per heavy atom. The van der Waals surface area contributed by atoms with Crippen LogP contribution < -0.4 is 10.6 Å². The van der Waals surface area contributed by atoms with Crippen LogP contribution in [0.1, 0.15) is 40.9 Å². The van der Waals surface area contributed by atoms with Gasteiger partial charge in [-0.05, 0) is 66.7 Å². The summed E-state index contributed by atoms with van der Waals surface area (Å²) in [5.74, 6) is -0.678. The molecule has 0 radical (unpaired) electrons. The molecule has 4 aromatic rings. The molecule has 0 saturated carbocycles. The van der Waals surface area contributed by atoms with Gasteiger partial charge < -0.3 is 20.4 Å². The lowest BCUT2D eigenvalue weighted by atomic mass is 9.98. The van der Waals surface area contributed by atoms with Crippen LogP contribution in [0.5, 0.6) is 0 Å². The van der Waals surface area contributed by atoms with Crippen LogP contribution in [0.4, 0.5) is 11.4 Å². The second kappa shape index (κ2) is 10.3. The Bertz CT molecular complexity index is 1500. The number of aromatic nitrogens is 1. The van der Waals surface area contributed by atoms with Crippen LogP contribution in [-0.4, -0.2) is 42.0 Å². The van der Waals surface area contributed by atoms with Gasteiger partial charge in [-0.25, -0.2) is 4.79 Å². The molecule has 7 heteroatoms. The van der Waals surface area contributed by atoms with Crippen molar-refractivity contribution in [3.05, 3.63) is 95.2 Å². The summed E-state index contributed by atoms with van der Waals surface area (Å²) in [7, 11) is 1.34. The number of ether oxygens (including phenoxy) is 1. The Morgan fingerprint density at radius 1 is 0.946 bits per heavy atom. The SMILES string of the molecule is CCN(CC)Cc1ccc(NC(=C2C(=O)Nc3cc(C(=O)OC)ccc32)c2ccc3[nH]ccc3c2)cc1. The molecule has 1 aliphatic heterocycles. The number of hydrogen-bond donors (Lipinski definition) is 3. The van der Waals surface area contributed by atoms with Crippen molar-refractivity contribution in [1.29, 1.82) is 0 Å². The fourth-order valence-corrected chi connectivity index (χ4v) is 4.70. The zero-order chi connectivity index (χ0) is 25.9. The number of carbonyl (C=O) groups is 2. The van der Waals surface area contributed by atoms with Crippen LogP contribution in [0.15, 0.2) is 72.9 Å². The van der Waals surface area contributed by atoms with E-state index >= 15 is 0 Å². The molecule has 0 saturated heterocycles. The van der Waals surface area contributed by atoms with Crippen molar-refractivity contribution in [3.63, 3.8) is 0 Å². The predicted molar refractivity (Wildman–Crippen MR) is 148 cm³/mol. The standard InChI is InChI=1S/C30H30N4O3/c1-4-34(5-2)18-19-6-10-23(11-7-19)32-28(21-9-13-25-20(16-21)14-15-31-25)27-24-12-8-22(30(36)37-3)17-26(24)33-29(27)35/h6-17,31-32H,4-5,18H2,1-3H3,(H,33,35). The van der Waals surface area contributed by atoms with Crippen molar-refractivity contribution in [2.45, 2.75) is 20.4 Å². The fourth-order valence-electron chi connectivity index (χ4n) is 4.70. The van der Waals surface area contributed by atoms with Crippen LogP contribution >= 0.6 is 0 Å². The number of rotatable bonds is 8. The number of benzene rings is 3. The zero-order valence-electron chi connectivity index (χ0n) is 21.2. The molecule has 1 aliphatic rings. The summed E-state index contributed by atoms with van der Waals surface area (Å²) < 4.78 is 4.84. The fraction of sp³-hybridized carbons (Fsp3) is 0.200. The highest BCUT2D eigenvalue weighted by atomic mass is 16.5. The molecule has 37 heavy (non-hydrogen) atoms. The monoisotopic (exact) mass is 494 g/mol. The first kappa shape index (κ1) is 24.3. The molecule has 188 valence electrons. The van der Waals surface area contributed by atoms with Gasteiger partial charge in [0.1, 0.15) is 0 Å². The highest BCUT2D eigenvalue weighted by Crippen LogP contribution is 2.38. The zero-order valence-corrected chi connectivity index (χ0v) is 21.2. The van der Waals surface area contributed by atoms with Crippen molar-refractivity contribution < 1.29 is 14.3 Å². The van der Waals surface area contributed by atoms with Gasteiger partial charge in [-0.15, -0.1) is 0 Å². The molecule has 7 nitrogen and oxygen atoms in total. The lowest BCUT2D eigenvalue weighted by molar-refractivity contribution is -0.110. The largest absolute Gasteiger partial charge is 0.465 e. The summed E-state index contributed by atoms with van der Waals surface area (Å²) in [6.45, 7) is 7.22. The van der Waals surface area contributed by atoms with E-state index in [2.05, 4.69) is 52.6 Å². The minimum absolute atomic E-state index is 0.230. The first-order chi connectivity index (χ1) is 18.0. The smallest absolute Gasteiger partial charge is 0.337 e. The molecule has 1 aromatic heterocycles. The van der Waals surface area contributed by atoms with E-state index in [1.807, 2.05) is 36.5 Å². The second-order valence-corrected chi connectivity index (χ2v) is 9.02. The first-order valence-corrected chi connectivity index (χ1v) is 12.4. The molecular weight excluding hydrogens is 464 g/mol. The van der Waals surface area contributed by atoms with E-state index in [4.69, 9.17) is 4.74 Å². The van der Waals surface area contributed by atoms with E-state index < -0.39 is 5.97 Å². The summed E-state index contributed by atoms with van der Waals surface area (Å²) in [6.07, 6.45) is 1.90. The van der Waals surface area contributed by atoms with Gasteiger partial charge in [0.25, 0.3) is 5.91 Å². The summed E-state index contributed by atoms with van der Waals surface area (Å²) in [4.78, 5) is 30.9. The third kappa shape index (κ3) is 4.86. The van der Waals surface area contributed by atoms with Crippen LogP contribution in [0, 0.1) is 0 Å². The summed E-state index contributed by atoms with van der Waals surface area (Å²) >= 11 is 0. The number of carbonyl (C=O) groups excluding carboxylic acids is 2. The van der Waals surface area contributed by atoms with E-state index in [0.29, 0.717) is 22.5 Å². The van der Waals surface area contributed by atoms with Crippen LogP contribution in [-0.2, 0) is 16.1 Å². The number of nitrogens with zero attached hydrogens (tertiary/aromatic N) is 1. The van der Waals surface area contributed by atoms with Gasteiger partial charge in [0, 0.05) is 34.9 Å². The normalized spacial score (nSPS) is 14.0. The van der Waals surface area contributed by atoms with Gasteiger partial charge in [-0.3, -0.25) is 9.69 Å². The number of esters is 1. The molecule has 5 rings (SSSR count). The van der Waals surface area contributed by atoms with Gasteiger partial charge in [0.05, 0.1) is 29.6 Å². The van der Waals surface area contributed by atoms with Gasteiger partial charge in [-0.1, -0.05) is 38.1 Å². The number of fused-ring (bicyclic) bond motifs is 2. The van der Waals surface area contributed by atoms with E-state index in [1.165, 1.54) is 12.7 Å². The minimum Gasteiger partial charge on any atom is -0.465 e. The highest BCUT2D eigenvalue weighted by molar-refractivity contribution is 6.37. The van der Waals surface area contributed by atoms with E-state index in [-0.39, 0.29) is 5.91 Å². The Balaban J connectivity index is 1.58. The molecule has 2 heterocycles. The number of anilines is 2. The number of hydrogen-bond acceptors (Lipinski definition) is 5. The molecule has 1 amide bonds. The summed E-state index contributed by atoms with van der Waals surface area (Å²) in [6, 6.07) is 21.5. The molecule has 0 atom stereocenters. The molecule has 0 aliphatic carbocycles. The highest BCUT2D eigenvalue weighted by Gasteiger charge is 2.29. The maximum absolute atomic E-state index is 13.3. The van der Waals surface area contributed by atoms with Crippen LogP contribution in [0.3, 0.4) is 0 Å². The van der Waals surface area contributed by atoms with Crippen molar-refractivity contribution in [1.82, 2.24) is 9.88 Å². The number of aromatic amines is 1. The Hall–Kier alpha value is -4.36. The van der Waals surface area contributed by atoms with Gasteiger partial charge in [-0.2, -0.15) is 0 Å². The summed E-state index contributed by atoms with van der Waals surface area (Å²) in [5, 5.41) is 7.50. The molecular formula is C30H30N4O3. The molecule has 0 bridgehead atoms. The van der Waals surface area contributed by atoms with Crippen molar-refractivity contribution >= 4 is 45.4 Å². The second-order valence-electron chi connectivity index (χ2n) is 9.02. The quantitative estimate of drug-likeness (QED) is 0.215. The maximum Gasteiger partial charge on any atom is 0.337 e. The Labute approximate surface area is 216 Å². The van der Waals surface area contributed by atoms with Crippen molar-refractivity contribution in [2.24, 2.45) is 0 Å². The number of methoxy groups -OCH3 is 1. The van der Waals surface area contributed by atoms with Gasteiger partial charge in [0.2, 0.25) is 0 Å². The molecule has 0 fully saturated rings. The number of nitrogens with one attached hydrogen (secondary N) is 3. The van der Waals surface area contributed by atoms with Crippen molar-refractivity contribution in [2.75, 3.05) is 30.8 Å². The molecule has 0 unspecified atom stereocenters. The lowest BCUT2D eigenvalue weighted by Crippen LogP contribution is -2.22. The topological polar surface area (TPSA) is 86.5 Å². The van der Waals surface area contributed by atoms with Crippen LogP contribution in [0.25, 0.3) is 22.2 Å². The lowest BCUT2D eigenvalue weighted by Gasteiger charge is -2.19. The predicted octanol–water partition coefficient (Wildman–Crippen LogP) is 5.73. The third-order valence-electron chi connectivity index (χ3n) is 6.80. The van der Waals surface area contributed by atoms with Crippen LogP contribution in [0.2, 0.25) is 0 Å². The van der Waals surface area contributed by atoms with Gasteiger partial charge in [0.15, 0.2) is 0 Å². The van der Waals surface area contributed by atoms with E-state index in [0.717, 1.165) is 47.4 Å². The average Bonchev–Trinajstić information content (AvgIpc) is 3.53. The van der Waals surface area contributed by atoms with E-state index in [9.17, 15) is 9.59 Å². The van der Waals surface area contributed by atoms with Gasteiger partial charge >= 0.3 is 5.97 Å². The first-order valence-electron chi connectivity index (χ1n) is 12.4. The molecule has 0 spiro atoms. The van der Waals surface area contributed by atoms with Crippen molar-refractivity contribution in [3.8, 4) is 0 Å². The number of H-pyrrole nitrogens is 1. The number of amides is 1. The summed E-state index contributed by atoms with van der Waals surface area (Å²) in [5.41, 5.74) is 6.93. The molecule has 3 N–H and O–H groups in total. The van der Waals surface area contributed by atoms with E-state index in [1.54, 1.807) is 18.2 Å². The average molecular weight is 495 g/mol. The maximum atomic E-state index is 13.3.